The SMILES string of the molecule is C=CCN(CC=C)C(=O)NC(C(=O)O)C(C)C. The van der Waals surface area contributed by atoms with E-state index >= 15 is 0 Å². The van der Waals surface area contributed by atoms with Crippen LogP contribution in [-0.2, 0) is 4.79 Å². The van der Waals surface area contributed by atoms with Gasteiger partial charge in [0.25, 0.3) is 0 Å². The van der Waals surface area contributed by atoms with Crippen LogP contribution in [0.5, 0.6) is 0 Å². The van der Waals surface area contributed by atoms with Crippen molar-refractivity contribution < 1.29 is 14.7 Å². The summed E-state index contributed by atoms with van der Waals surface area (Å²) in [6.45, 7) is 11.3. The molecule has 0 saturated carbocycles. The Kier molecular flexibility index (Phi) is 6.70. The fraction of sp³-hybridized carbons (Fsp3) is 0.500. The van der Waals surface area contributed by atoms with Gasteiger partial charge in [0, 0.05) is 13.1 Å². The largest absolute Gasteiger partial charge is 0.480 e. The number of nitrogens with one attached hydrogen (secondary N) is 1. The van der Waals surface area contributed by atoms with Crippen LogP contribution in [0.1, 0.15) is 13.8 Å². The van der Waals surface area contributed by atoms with E-state index in [0.717, 1.165) is 0 Å². The maximum Gasteiger partial charge on any atom is 0.326 e. The molecule has 0 spiro atoms. The molecule has 0 rings (SSSR count). The number of carboxylic acids is 1. The third-order valence-corrected chi connectivity index (χ3v) is 2.20. The Morgan fingerprint density at radius 2 is 1.76 bits per heavy atom. The van der Waals surface area contributed by atoms with Crippen molar-refractivity contribution in [3.05, 3.63) is 25.3 Å². The van der Waals surface area contributed by atoms with Crippen LogP contribution >= 0.6 is 0 Å². The topological polar surface area (TPSA) is 69.6 Å². The van der Waals surface area contributed by atoms with Gasteiger partial charge in [0.05, 0.1) is 0 Å². The summed E-state index contributed by atoms with van der Waals surface area (Å²) in [6, 6.07) is -1.31. The summed E-state index contributed by atoms with van der Waals surface area (Å²) < 4.78 is 0. The predicted octanol–water partition coefficient (Wildman–Crippen LogP) is 1.48. The van der Waals surface area contributed by atoms with Crippen molar-refractivity contribution in [3.8, 4) is 0 Å². The third-order valence-electron chi connectivity index (χ3n) is 2.20. The van der Waals surface area contributed by atoms with Gasteiger partial charge in [0.1, 0.15) is 6.04 Å². The second-order valence-electron chi connectivity index (χ2n) is 3.99. The number of hydrogen-bond acceptors (Lipinski definition) is 2. The van der Waals surface area contributed by atoms with Crippen LogP contribution in [0.25, 0.3) is 0 Å². The van der Waals surface area contributed by atoms with E-state index in [1.807, 2.05) is 0 Å². The van der Waals surface area contributed by atoms with Crippen LogP contribution in [0.15, 0.2) is 25.3 Å². The maximum atomic E-state index is 11.8. The lowest BCUT2D eigenvalue weighted by Crippen LogP contribution is -2.50. The molecular formula is C12H20N2O3. The van der Waals surface area contributed by atoms with Crippen molar-refractivity contribution in [3.63, 3.8) is 0 Å². The number of aliphatic carboxylic acids is 1. The highest BCUT2D eigenvalue weighted by Gasteiger charge is 2.25. The minimum Gasteiger partial charge on any atom is -0.480 e. The average molecular weight is 240 g/mol. The van der Waals surface area contributed by atoms with Gasteiger partial charge in [-0.1, -0.05) is 26.0 Å². The molecule has 0 aliphatic rings. The second kappa shape index (κ2) is 7.49. The molecular weight excluding hydrogens is 220 g/mol. The van der Waals surface area contributed by atoms with E-state index < -0.39 is 18.0 Å². The number of carbonyl (C=O) groups is 2. The summed E-state index contributed by atoms with van der Waals surface area (Å²) in [4.78, 5) is 24.2. The Balaban J connectivity index is 4.60. The molecule has 0 fully saturated rings. The standard InChI is InChI=1S/C12H20N2O3/c1-5-7-14(8-6-2)12(17)13-10(9(3)4)11(15)16/h5-6,9-10H,1-2,7-8H2,3-4H3,(H,13,17)(H,15,16). The summed E-state index contributed by atoms with van der Waals surface area (Å²) in [7, 11) is 0. The monoisotopic (exact) mass is 240 g/mol. The Hall–Kier alpha value is -1.78. The molecule has 1 atom stereocenters. The number of nitrogens with zero attached hydrogens (tertiary/aromatic N) is 1. The molecule has 0 bridgehead atoms. The van der Waals surface area contributed by atoms with Crippen molar-refractivity contribution in [2.24, 2.45) is 5.92 Å². The smallest absolute Gasteiger partial charge is 0.326 e. The van der Waals surface area contributed by atoms with Gasteiger partial charge in [-0.3, -0.25) is 0 Å². The summed E-state index contributed by atoms with van der Waals surface area (Å²) in [5.41, 5.74) is 0. The van der Waals surface area contributed by atoms with Crippen LogP contribution in [0, 0.1) is 5.92 Å². The molecule has 0 aliphatic carbocycles. The Morgan fingerprint density at radius 1 is 1.29 bits per heavy atom. The van der Waals surface area contributed by atoms with Gasteiger partial charge >= 0.3 is 12.0 Å². The summed E-state index contributed by atoms with van der Waals surface area (Å²) in [6.07, 6.45) is 3.16. The Labute approximate surface area is 102 Å². The zero-order chi connectivity index (χ0) is 13.4. The van der Waals surface area contributed by atoms with Crippen molar-refractivity contribution in [2.75, 3.05) is 13.1 Å². The number of urea groups is 1. The first-order valence-corrected chi connectivity index (χ1v) is 5.44. The maximum absolute atomic E-state index is 11.8. The van der Waals surface area contributed by atoms with Crippen LogP contribution < -0.4 is 5.32 Å². The first-order chi connectivity index (χ1) is 7.93. The fourth-order valence-corrected chi connectivity index (χ4v) is 1.29. The molecule has 0 aromatic carbocycles. The van der Waals surface area contributed by atoms with Crippen molar-refractivity contribution in [1.29, 1.82) is 0 Å². The average Bonchev–Trinajstić information content (AvgIpc) is 2.24. The lowest BCUT2D eigenvalue weighted by molar-refractivity contribution is -0.140. The van der Waals surface area contributed by atoms with Crippen LogP contribution in [0.4, 0.5) is 4.79 Å². The summed E-state index contributed by atoms with van der Waals surface area (Å²) >= 11 is 0. The van der Waals surface area contributed by atoms with Crippen LogP contribution in [0.3, 0.4) is 0 Å². The lowest BCUT2D eigenvalue weighted by atomic mass is 10.1. The molecule has 0 aliphatic heterocycles. The minimum absolute atomic E-state index is 0.175. The zero-order valence-corrected chi connectivity index (χ0v) is 10.3. The molecule has 2 N–H and O–H groups in total. The van der Waals surface area contributed by atoms with Gasteiger partial charge in [-0.2, -0.15) is 0 Å². The van der Waals surface area contributed by atoms with Gasteiger partial charge in [0.15, 0.2) is 0 Å². The quantitative estimate of drug-likeness (QED) is 0.662. The first kappa shape index (κ1) is 15.2. The molecule has 2 amide bonds. The molecule has 5 heteroatoms. The Bertz CT molecular complexity index is 290. The van der Waals surface area contributed by atoms with E-state index in [-0.39, 0.29) is 5.92 Å². The highest BCUT2D eigenvalue weighted by molar-refractivity contribution is 5.82. The van der Waals surface area contributed by atoms with E-state index in [2.05, 4.69) is 18.5 Å². The van der Waals surface area contributed by atoms with E-state index in [1.54, 1.807) is 26.0 Å². The number of hydrogen-bond donors (Lipinski definition) is 2. The highest BCUT2D eigenvalue weighted by Crippen LogP contribution is 2.03. The van der Waals surface area contributed by atoms with E-state index in [1.165, 1.54) is 4.90 Å². The van der Waals surface area contributed by atoms with Crippen molar-refractivity contribution in [1.82, 2.24) is 10.2 Å². The van der Waals surface area contributed by atoms with Crippen LogP contribution in [-0.4, -0.2) is 41.1 Å². The second-order valence-corrected chi connectivity index (χ2v) is 3.99. The molecule has 0 aromatic rings. The number of carbonyl (C=O) groups excluding carboxylic acids is 1. The van der Waals surface area contributed by atoms with E-state index in [9.17, 15) is 9.59 Å². The van der Waals surface area contributed by atoms with Crippen molar-refractivity contribution in [2.45, 2.75) is 19.9 Å². The van der Waals surface area contributed by atoms with Gasteiger partial charge in [-0.15, -0.1) is 13.2 Å². The molecule has 96 valence electrons. The van der Waals surface area contributed by atoms with Crippen LogP contribution in [0.2, 0.25) is 0 Å². The zero-order valence-electron chi connectivity index (χ0n) is 10.3. The third kappa shape index (κ3) is 5.19. The molecule has 0 radical (unpaired) electrons. The Morgan fingerprint density at radius 3 is 2.06 bits per heavy atom. The molecule has 0 saturated heterocycles. The molecule has 17 heavy (non-hydrogen) atoms. The number of rotatable bonds is 7. The normalized spacial score (nSPS) is 11.7. The minimum atomic E-state index is -1.04. The highest BCUT2D eigenvalue weighted by atomic mass is 16.4. The molecule has 1 unspecified atom stereocenters. The number of amides is 2. The van der Waals surface area contributed by atoms with Crippen molar-refractivity contribution >= 4 is 12.0 Å². The predicted molar refractivity (Wildman–Crippen MR) is 66.8 cm³/mol. The fourth-order valence-electron chi connectivity index (χ4n) is 1.29. The first-order valence-electron chi connectivity index (χ1n) is 5.44. The molecule has 0 aromatic heterocycles. The molecule has 0 heterocycles. The summed E-state index contributed by atoms with van der Waals surface area (Å²) in [5.74, 6) is -1.21. The molecule has 5 nitrogen and oxygen atoms in total. The van der Waals surface area contributed by atoms with Gasteiger partial charge in [-0.05, 0) is 5.92 Å². The van der Waals surface area contributed by atoms with Gasteiger partial charge in [0.2, 0.25) is 0 Å². The van der Waals surface area contributed by atoms with E-state index in [0.29, 0.717) is 13.1 Å². The van der Waals surface area contributed by atoms with Gasteiger partial charge in [-0.25, -0.2) is 9.59 Å². The number of carboxylic acid groups (broad SMARTS) is 1. The summed E-state index contributed by atoms with van der Waals surface area (Å²) in [5, 5.41) is 11.4. The van der Waals surface area contributed by atoms with E-state index in [4.69, 9.17) is 5.11 Å². The lowest BCUT2D eigenvalue weighted by Gasteiger charge is -2.24. The van der Waals surface area contributed by atoms with Gasteiger partial charge < -0.3 is 15.3 Å².